The smallest absolute Gasteiger partial charge is 0.0681 e. The Morgan fingerprint density at radius 1 is 1.25 bits per heavy atom. The number of nitrogens with zero attached hydrogens (tertiary/aromatic N) is 1. The van der Waals surface area contributed by atoms with E-state index in [1.165, 1.54) is 31.5 Å². The molecule has 1 saturated heterocycles. The van der Waals surface area contributed by atoms with Crippen molar-refractivity contribution in [2.24, 2.45) is 5.92 Å². The van der Waals surface area contributed by atoms with Crippen LogP contribution < -0.4 is 5.32 Å². The Labute approximate surface area is 123 Å². The van der Waals surface area contributed by atoms with Gasteiger partial charge >= 0.3 is 0 Å². The highest BCUT2D eigenvalue weighted by atomic mass is 16.3. The summed E-state index contributed by atoms with van der Waals surface area (Å²) in [5, 5.41) is 12.7. The lowest BCUT2D eigenvalue weighted by molar-refractivity contribution is 0.141. The fourth-order valence-corrected chi connectivity index (χ4v) is 3.02. The summed E-state index contributed by atoms with van der Waals surface area (Å²) in [7, 11) is 0. The molecule has 3 nitrogen and oxygen atoms in total. The molecule has 2 atom stereocenters. The number of aliphatic hydroxyl groups excluding tert-OH is 1. The molecule has 2 N–H and O–H groups in total. The van der Waals surface area contributed by atoms with Crippen molar-refractivity contribution in [3.63, 3.8) is 0 Å². The number of hydrogen-bond donors (Lipinski definition) is 2. The van der Waals surface area contributed by atoms with E-state index in [1.54, 1.807) is 0 Å². The van der Waals surface area contributed by atoms with Gasteiger partial charge in [0, 0.05) is 19.1 Å². The molecule has 0 aromatic heterocycles. The van der Waals surface area contributed by atoms with Gasteiger partial charge in [-0.05, 0) is 43.0 Å². The molecule has 112 valence electrons. The Bertz CT molecular complexity index is 390. The molecule has 2 unspecified atom stereocenters. The molecule has 3 heteroatoms. The van der Waals surface area contributed by atoms with E-state index in [0.717, 1.165) is 18.7 Å². The topological polar surface area (TPSA) is 35.5 Å². The molecule has 0 saturated carbocycles. The van der Waals surface area contributed by atoms with Gasteiger partial charge in [-0.2, -0.15) is 0 Å². The average Bonchev–Trinajstić information content (AvgIpc) is 2.47. The van der Waals surface area contributed by atoms with Crippen LogP contribution >= 0.6 is 0 Å². The van der Waals surface area contributed by atoms with Gasteiger partial charge in [0.25, 0.3) is 0 Å². The Morgan fingerprint density at radius 3 is 2.55 bits per heavy atom. The van der Waals surface area contributed by atoms with E-state index >= 15 is 0 Å². The van der Waals surface area contributed by atoms with E-state index < -0.39 is 0 Å². The Kier molecular flexibility index (Phi) is 6.02. The first-order chi connectivity index (χ1) is 9.72. The van der Waals surface area contributed by atoms with Crippen molar-refractivity contribution in [2.45, 2.75) is 45.9 Å². The van der Waals surface area contributed by atoms with Crippen molar-refractivity contribution in [1.82, 2.24) is 10.2 Å². The first-order valence-corrected chi connectivity index (χ1v) is 7.87. The van der Waals surface area contributed by atoms with Crippen LogP contribution in [0.15, 0.2) is 24.3 Å². The first kappa shape index (κ1) is 15.5. The molecule has 1 aromatic rings. The molecule has 1 heterocycles. The second-order valence-electron chi connectivity index (χ2n) is 6.04. The standard InChI is InChI=1S/C17H28N2O/c1-3-9-18-17-8-10-19(11-14(17)2)12-15-4-6-16(13-20)7-5-15/h4-7,14,17-18,20H,3,8-13H2,1-2H3. The summed E-state index contributed by atoms with van der Waals surface area (Å²) < 4.78 is 0. The quantitative estimate of drug-likeness (QED) is 0.837. The molecule has 1 aromatic carbocycles. The first-order valence-electron chi connectivity index (χ1n) is 7.87. The zero-order chi connectivity index (χ0) is 14.4. The van der Waals surface area contributed by atoms with Crippen LogP contribution in [0.1, 0.15) is 37.8 Å². The molecule has 0 spiro atoms. The summed E-state index contributed by atoms with van der Waals surface area (Å²) >= 11 is 0. The Morgan fingerprint density at radius 2 is 1.95 bits per heavy atom. The van der Waals surface area contributed by atoms with Gasteiger partial charge < -0.3 is 10.4 Å². The maximum absolute atomic E-state index is 9.07. The summed E-state index contributed by atoms with van der Waals surface area (Å²) in [6.45, 7) is 9.22. The van der Waals surface area contributed by atoms with Crippen LogP contribution in [0, 0.1) is 5.92 Å². The van der Waals surface area contributed by atoms with Crippen molar-refractivity contribution in [2.75, 3.05) is 19.6 Å². The van der Waals surface area contributed by atoms with Crippen LogP contribution in [-0.2, 0) is 13.2 Å². The van der Waals surface area contributed by atoms with Crippen molar-refractivity contribution in [3.8, 4) is 0 Å². The predicted molar refractivity (Wildman–Crippen MR) is 83.5 cm³/mol. The zero-order valence-corrected chi connectivity index (χ0v) is 12.8. The lowest BCUT2D eigenvalue weighted by Crippen LogP contribution is -2.48. The Balaban J connectivity index is 1.82. The molecule has 0 amide bonds. The fraction of sp³-hybridized carbons (Fsp3) is 0.647. The van der Waals surface area contributed by atoms with E-state index in [4.69, 9.17) is 5.11 Å². The highest BCUT2D eigenvalue weighted by Crippen LogP contribution is 2.19. The summed E-state index contributed by atoms with van der Waals surface area (Å²) in [5.74, 6) is 0.715. The Hall–Kier alpha value is -0.900. The third-order valence-electron chi connectivity index (χ3n) is 4.26. The van der Waals surface area contributed by atoms with Crippen LogP contribution in [0.2, 0.25) is 0 Å². The fourth-order valence-electron chi connectivity index (χ4n) is 3.02. The maximum Gasteiger partial charge on any atom is 0.0681 e. The summed E-state index contributed by atoms with van der Waals surface area (Å²) in [6.07, 6.45) is 2.46. The van der Waals surface area contributed by atoms with Gasteiger partial charge in [0.05, 0.1) is 6.61 Å². The minimum absolute atomic E-state index is 0.131. The van der Waals surface area contributed by atoms with Gasteiger partial charge in [0.2, 0.25) is 0 Å². The largest absolute Gasteiger partial charge is 0.392 e. The lowest BCUT2D eigenvalue weighted by atomic mass is 9.93. The summed E-state index contributed by atoms with van der Waals surface area (Å²) in [4.78, 5) is 2.54. The van der Waals surface area contributed by atoms with Gasteiger partial charge in [-0.15, -0.1) is 0 Å². The van der Waals surface area contributed by atoms with E-state index in [9.17, 15) is 0 Å². The minimum Gasteiger partial charge on any atom is -0.392 e. The second kappa shape index (κ2) is 7.77. The number of likely N-dealkylation sites (tertiary alicyclic amines) is 1. The molecule has 1 fully saturated rings. The molecule has 0 aliphatic carbocycles. The average molecular weight is 276 g/mol. The number of rotatable bonds is 6. The van der Waals surface area contributed by atoms with Gasteiger partial charge in [-0.25, -0.2) is 0 Å². The van der Waals surface area contributed by atoms with Gasteiger partial charge in [-0.3, -0.25) is 4.90 Å². The number of piperidine rings is 1. The van der Waals surface area contributed by atoms with Crippen LogP contribution in [0.25, 0.3) is 0 Å². The highest BCUT2D eigenvalue weighted by molar-refractivity contribution is 5.21. The third kappa shape index (κ3) is 4.30. The molecule has 2 rings (SSSR count). The monoisotopic (exact) mass is 276 g/mol. The van der Waals surface area contributed by atoms with Crippen LogP contribution in [-0.4, -0.2) is 35.7 Å². The van der Waals surface area contributed by atoms with Crippen molar-refractivity contribution in [1.29, 1.82) is 0 Å². The SMILES string of the molecule is CCCNC1CCN(Cc2ccc(CO)cc2)CC1C. The lowest BCUT2D eigenvalue weighted by Gasteiger charge is -2.37. The predicted octanol–water partition coefficient (Wildman–Crippen LogP) is 2.39. The maximum atomic E-state index is 9.07. The molecule has 0 bridgehead atoms. The molecule has 20 heavy (non-hydrogen) atoms. The molecule has 0 radical (unpaired) electrons. The summed E-state index contributed by atoms with van der Waals surface area (Å²) in [5.41, 5.74) is 2.33. The van der Waals surface area contributed by atoms with E-state index in [2.05, 4.69) is 36.2 Å². The normalized spacial score (nSPS) is 23.9. The minimum atomic E-state index is 0.131. The molecular weight excluding hydrogens is 248 g/mol. The number of aliphatic hydroxyl groups is 1. The van der Waals surface area contributed by atoms with E-state index in [0.29, 0.717) is 12.0 Å². The number of nitrogens with one attached hydrogen (secondary N) is 1. The van der Waals surface area contributed by atoms with Crippen LogP contribution in [0.4, 0.5) is 0 Å². The van der Waals surface area contributed by atoms with Gasteiger partial charge in [-0.1, -0.05) is 38.1 Å². The second-order valence-corrected chi connectivity index (χ2v) is 6.04. The molecule has 1 aliphatic rings. The van der Waals surface area contributed by atoms with Crippen LogP contribution in [0.3, 0.4) is 0 Å². The molecular formula is C17H28N2O. The van der Waals surface area contributed by atoms with Crippen molar-refractivity contribution in [3.05, 3.63) is 35.4 Å². The number of hydrogen-bond acceptors (Lipinski definition) is 3. The molecule has 1 aliphatic heterocycles. The van der Waals surface area contributed by atoms with Crippen LogP contribution in [0.5, 0.6) is 0 Å². The van der Waals surface area contributed by atoms with Crippen molar-refractivity contribution < 1.29 is 5.11 Å². The van der Waals surface area contributed by atoms with Crippen molar-refractivity contribution >= 4 is 0 Å². The van der Waals surface area contributed by atoms with Gasteiger partial charge in [0.1, 0.15) is 0 Å². The third-order valence-corrected chi connectivity index (χ3v) is 4.26. The highest BCUT2D eigenvalue weighted by Gasteiger charge is 2.25. The van der Waals surface area contributed by atoms with E-state index in [-0.39, 0.29) is 6.61 Å². The zero-order valence-electron chi connectivity index (χ0n) is 12.8. The van der Waals surface area contributed by atoms with Gasteiger partial charge in [0.15, 0.2) is 0 Å². The number of benzene rings is 1. The summed E-state index contributed by atoms with van der Waals surface area (Å²) in [6, 6.07) is 9.00. The van der Waals surface area contributed by atoms with E-state index in [1.807, 2.05) is 12.1 Å².